The summed E-state index contributed by atoms with van der Waals surface area (Å²) in [5.41, 5.74) is 14.9. The Morgan fingerprint density at radius 3 is 1.36 bits per heavy atom. The zero-order chi connectivity index (χ0) is 40.5. The van der Waals surface area contributed by atoms with Gasteiger partial charge in [0.25, 0.3) is 0 Å². The highest BCUT2D eigenvalue weighted by atomic mass is 16.3. The number of furan rings is 1. The Bertz CT molecular complexity index is 3270. The summed E-state index contributed by atoms with van der Waals surface area (Å²) in [5.74, 6) is 0. The van der Waals surface area contributed by atoms with Crippen LogP contribution in [0.2, 0.25) is 0 Å². The van der Waals surface area contributed by atoms with Gasteiger partial charge in [-0.3, -0.25) is 0 Å². The summed E-state index contributed by atoms with van der Waals surface area (Å²) in [5, 5.41) is 4.36. The van der Waals surface area contributed by atoms with Crippen molar-refractivity contribution in [2.24, 2.45) is 0 Å². The Morgan fingerprint density at radius 1 is 0.246 bits per heavy atom. The van der Waals surface area contributed by atoms with E-state index in [1.54, 1.807) is 0 Å². The van der Waals surface area contributed by atoms with Crippen LogP contribution in [0.4, 0.5) is 34.1 Å². The van der Waals surface area contributed by atoms with E-state index in [0.29, 0.717) is 0 Å². The first-order valence-electron chi connectivity index (χ1n) is 20.7. The summed E-state index contributed by atoms with van der Waals surface area (Å²) in [7, 11) is 0. The fraction of sp³-hybridized carbons (Fsp3) is 0. The molecule has 0 spiro atoms. The number of hydrogen-bond donors (Lipinski definition) is 0. The van der Waals surface area contributed by atoms with E-state index in [2.05, 4.69) is 252 Å². The highest BCUT2D eigenvalue weighted by Crippen LogP contribution is 2.48. The number of anilines is 6. The summed E-state index contributed by atoms with van der Waals surface area (Å²) in [6, 6.07) is 86.4. The van der Waals surface area contributed by atoms with Gasteiger partial charge in [0.1, 0.15) is 5.58 Å². The third kappa shape index (κ3) is 6.78. The van der Waals surface area contributed by atoms with Gasteiger partial charge in [0.15, 0.2) is 5.58 Å². The van der Waals surface area contributed by atoms with Crippen molar-refractivity contribution in [3.05, 3.63) is 243 Å². The van der Waals surface area contributed by atoms with E-state index in [1.165, 1.54) is 22.3 Å². The van der Waals surface area contributed by atoms with Crippen molar-refractivity contribution >= 4 is 66.8 Å². The Morgan fingerprint density at radius 2 is 0.721 bits per heavy atom. The molecule has 0 aliphatic rings. The van der Waals surface area contributed by atoms with Gasteiger partial charge in [0.2, 0.25) is 0 Å². The maximum Gasteiger partial charge on any atom is 0.159 e. The van der Waals surface area contributed by atoms with Crippen LogP contribution in [0.1, 0.15) is 0 Å². The van der Waals surface area contributed by atoms with Gasteiger partial charge in [-0.05, 0) is 105 Å². The zero-order valence-electron chi connectivity index (χ0n) is 33.4. The largest absolute Gasteiger partial charge is 0.453 e. The first-order chi connectivity index (χ1) is 30.2. The minimum absolute atomic E-state index is 0.825. The summed E-state index contributed by atoms with van der Waals surface area (Å²) < 4.78 is 7.12. The van der Waals surface area contributed by atoms with Crippen molar-refractivity contribution in [3.8, 4) is 33.4 Å². The van der Waals surface area contributed by atoms with Crippen molar-refractivity contribution in [3.63, 3.8) is 0 Å². The molecule has 0 radical (unpaired) electrons. The molecule has 3 heteroatoms. The average molecular weight is 781 g/mol. The summed E-state index contributed by atoms with van der Waals surface area (Å²) >= 11 is 0. The fourth-order valence-electron chi connectivity index (χ4n) is 8.64. The van der Waals surface area contributed by atoms with Crippen LogP contribution in [0, 0.1) is 0 Å². The molecule has 0 saturated heterocycles. The molecule has 0 atom stereocenters. The van der Waals surface area contributed by atoms with Gasteiger partial charge in [-0.25, -0.2) is 0 Å². The molecule has 0 N–H and O–H groups in total. The van der Waals surface area contributed by atoms with Crippen molar-refractivity contribution in [1.29, 1.82) is 0 Å². The van der Waals surface area contributed by atoms with Gasteiger partial charge in [-0.15, -0.1) is 0 Å². The number of fused-ring (bicyclic) bond motifs is 5. The zero-order valence-corrected chi connectivity index (χ0v) is 33.4. The molecule has 0 fully saturated rings. The fourth-order valence-corrected chi connectivity index (χ4v) is 8.64. The lowest BCUT2D eigenvalue weighted by atomic mass is 10.00. The summed E-state index contributed by atoms with van der Waals surface area (Å²) in [4.78, 5) is 4.70. The molecule has 3 nitrogen and oxygen atoms in total. The van der Waals surface area contributed by atoms with E-state index in [-0.39, 0.29) is 0 Å². The smallest absolute Gasteiger partial charge is 0.159 e. The van der Waals surface area contributed by atoms with Gasteiger partial charge in [-0.2, -0.15) is 0 Å². The van der Waals surface area contributed by atoms with Crippen LogP contribution in [-0.4, -0.2) is 0 Å². The van der Waals surface area contributed by atoms with E-state index in [4.69, 9.17) is 4.42 Å². The number of hydrogen-bond acceptors (Lipinski definition) is 3. The molecule has 11 aromatic rings. The first-order valence-corrected chi connectivity index (χ1v) is 20.7. The predicted molar refractivity (Wildman–Crippen MR) is 257 cm³/mol. The Balaban J connectivity index is 1.12. The molecule has 0 aliphatic heterocycles. The monoisotopic (exact) mass is 780 g/mol. The van der Waals surface area contributed by atoms with Gasteiger partial charge in [0, 0.05) is 44.6 Å². The minimum Gasteiger partial charge on any atom is -0.453 e. The van der Waals surface area contributed by atoms with Gasteiger partial charge in [-0.1, -0.05) is 176 Å². The Hall–Kier alpha value is -8.14. The molecule has 1 aromatic heterocycles. The molecule has 10 aromatic carbocycles. The third-order valence-electron chi connectivity index (χ3n) is 11.6. The van der Waals surface area contributed by atoms with Gasteiger partial charge < -0.3 is 14.2 Å². The van der Waals surface area contributed by atoms with Crippen LogP contribution >= 0.6 is 0 Å². The second kappa shape index (κ2) is 15.6. The molecule has 288 valence electrons. The third-order valence-corrected chi connectivity index (χ3v) is 11.6. The Labute approximate surface area is 355 Å². The number of para-hydroxylation sites is 2. The number of rotatable bonds is 9. The molecule has 61 heavy (non-hydrogen) atoms. The van der Waals surface area contributed by atoms with Gasteiger partial charge >= 0.3 is 0 Å². The van der Waals surface area contributed by atoms with E-state index in [9.17, 15) is 0 Å². The lowest BCUT2D eigenvalue weighted by Gasteiger charge is -2.30. The molecule has 0 saturated carbocycles. The summed E-state index contributed by atoms with van der Waals surface area (Å²) in [6.07, 6.45) is 0. The van der Waals surface area contributed by atoms with Crippen LogP contribution in [0.15, 0.2) is 247 Å². The van der Waals surface area contributed by atoms with Crippen molar-refractivity contribution in [1.82, 2.24) is 0 Å². The van der Waals surface area contributed by atoms with Crippen molar-refractivity contribution in [2.45, 2.75) is 0 Å². The number of nitrogens with zero attached hydrogens (tertiary/aromatic N) is 2. The van der Waals surface area contributed by atoms with E-state index >= 15 is 0 Å². The number of benzene rings is 10. The molecule has 11 rings (SSSR count). The highest BCUT2D eigenvalue weighted by molar-refractivity contribution is 6.18. The lowest BCUT2D eigenvalue weighted by Crippen LogP contribution is -2.13. The minimum atomic E-state index is 0.825. The SMILES string of the molecule is c1ccc(-c2ccc(-c3ccc(N(c4ccccc4)c4cc(N(c5ccccc5)c5cccc(-c6ccccc6)c5)cc5c4oc4c6ccccc6ccc54)cc3)cc2)cc1. The lowest BCUT2D eigenvalue weighted by molar-refractivity contribution is 0.673. The predicted octanol–water partition coefficient (Wildman–Crippen LogP) is 16.7. The Kier molecular flexibility index (Phi) is 9.18. The van der Waals surface area contributed by atoms with Crippen molar-refractivity contribution < 1.29 is 4.42 Å². The maximum absolute atomic E-state index is 7.12. The molecule has 0 amide bonds. The molecular formula is C58H40N2O. The van der Waals surface area contributed by atoms with Crippen LogP contribution in [-0.2, 0) is 0 Å². The standard InChI is InChI=1S/C58H40N2O/c1-5-16-41(17-6-1)43-28-30-44(31-29-43)45-32-35-50(36-33-45)60(49-24-11-4-12-25-49)56-40-52(39-55-54-37-34-46-20-13-14-27-53(46)57(54)61-58(55)56)59(48-22-9-3-10-23-48)51-26-15-21-47(38-51)42-18-7-2-8-19-42/h1-40H. The van der Waals surface area contributed by atoms with Crippen LogP contribution in [0.5, 0.6) is 0 Å². The quantitative estimate of drug-likeness (QED) is 0.145. The van der Waals surface area contributed by atoms with Crippen molar-refractivity contribution in [2.75, 3.05) is 9.80 Å². The van der Waals surface area contributed by atoms with E-state index in [1.807, 2.05) is 0 Å². The molecule has 0 unspecified atom stereocenters. The topological polar surface area (TPSA) is 19.6 Å². The molecular weight excluding hydrogens is 741 g/mol. The van der Waals surface area contributed by atoms with E-state index in [0.717, 1.165) is 78.0 Å². The average Bonchev–Trinajstić information content (AvgIpc) is 3.73. The van der Waals surface area contributed by atoms with Crippen LogP contribution in [0.3, 0.4) is 0 Å². The van der Waals surface area contributed by atoms with E-state index < -0.39 is 0 Å². The van der Waals surface area contributed by atoms with Crippen LogP contribution in [0.25, 0.3) is 66.1 Å². The second-order valence-corrected chi connectivity index (χ2v) is 15.4. The summed E-state index contributed by atoms with van der Waals surface area (Å²) in [6.45, 7) is 0. The normalized spacial score (nSPS) is 11.3. The first kappa shape index (κ1) is 36.0. The molecule has 0 bridgehead atoms. The highest BCUT2D eigenvalue weighted by Gasteiger charge is 2.24. The van der Waals surface area contributed by atoms with Crippen LogP contribution < -0.4 is 9.80 Å². The molecule has 1 heterocycles. The van der Waals surface area contributed by atoms with Gasteiger partial charge in [0.05, 0.1) is 5.69 Å². The second-order valence-electron chi connectivity index (χ2n) is 15.4. The molecule has 0 aliphatic carbocycles. The maximum atomic E-state index is 7.12.